The fraction of sp³-hybridized carbons (Fsp3) is 0.636. The smallest absolute Gasteiger partial charge is 0.379 e. The Balaban J connectivity index is 1.01. The lowest BCUT2D eigenvalue weighted by Crippen LogP contribution is -2.55. The molecule has 2 aliphatic carbocycles. The highest BCUT2D eigenvalue weighted by Crippen LogP contribution is 2.45. The van der Waals surface area contributed by atoms with Crippen molar-refractivity contribution in [2.75, 3.05) is 70.3 Å². The van der Waals surface area contributed by atoms with E-state index in [0.29, 0.717) is 48.4 Å². The van der Waals surface area contributed by atoms with Crippen molar-refractivity contribution < 1.29 is 13.2 Å². The molecule has 446 valence electrons. The van der Waals surface area contributed by atoms with Crippen LogP contribution in [0.4, 0.5) is 18.9 Å². The summed E-state index contributed by atoms with van der Waals surface area (Å²) in [6.45, 7) is 41.3. The molecule has 2 N–H and O–H groups in total. The Morgan fingerprint density at radius 3 is 2.31 bits per heavy atom. The minimum absolute atomic E-state index is 0.0394. The van der Waals surface area contributed by atoms with E-state index in [1.807, 2.05) is 25.3 Å². The SMILES string of the molecule is [B]C([B])(C)N(C(=C)N(CC)CC1CCN(C(C(=C)NC(Cc2nc(-c3ccc4c(c3)c(CC(C)(C)CCC#C)c(-c3cc(N5CCN(C6CC6)CC5)cnc3C(C)C)n4CC(F)(F)F)cs2)C(=C)N2CCCCN2)C(C)C)C1)C(C)C1CC1. The van der Waals surface area contributed by atoms with Gasteiger partial charge in [0.2, 0.25) is 0 Å². The fourth-order valence-corrected chi connectivity index (χ4v) is 14.6. The summed E-state index contributed by atoms with van der Waals surface area (Å²) in [5, 5.41) is 8.93. The van der Waals surface area contributed by atoms with E-state index in [1.54, 1.807) is 11.3 Å². The summed E-state index contributed by atoms with van der Waals surface area (Å²) in [5.41, 5.74) is 11.3. The molecule has 6 heterocycles. The van der Waals surface area contributed by atoms with Gasteiger partial charge in [0.15, 0.2) is 0 Å². The summed E-state index contributed by atoms with van der Waals surface area (Å²) in [6.07, 6.45) is 13.8. The number of fused-ring (bicyclic) bond motifs is 1. The quantitative estimate of drug-likeness (QED) is 0.0446. The van der Waals surface area contributed by atoms with Crippen LogP contribution in [0.1, 0.15) is 142 Å². The van der Waals surface area contributed by atoms with Gasteiger partial charge in [-0.25, -0.2) is 10.4 Å². The minimum Gasteiger partial charge on any atom is -0.379 e. The van der Waals surface area contributed by atoms with Crippen LogP contribution in [0.15, 0.2) is 72.8 Å². The van der Waals surface area contributed by atoms with E-state index in [-0.39, 0.29) is 35.4 Å². The van der Waals surface area contributed by atoms with Crippen LogP contribution < -0.4 is 15.6 Å². The van der Waals surface area contributed by atoms with Crippen molar-refractivity contribution in [3.8, 4) is 34.9 Å². The number of nitrogens with one attached hydrogen (secondary N) is 2. The molecule has 17 heteroatoms. The molecule has 4 radical (unpaired) electrons. The molecule has 0 amide bonds. The zero-order valence-corrected chi connectivity index (χ0v) is 52.4. The third-order valence-electron chi connectivity index (χ3n) is 18.4. The molecule has 83 heavy (non-hydrogen) atoms. The van der Waals surface area contributed by atoms with Gasteiger partial charge in [0.1, 0.15) is 6.54 Å². The predicted molar refractivity (Wildman–Crippen MR) is 340 cm³/mol. The number of aromatic nitrogens is 3. The van der Waals surface area contributed by atoms with Gasteiger partial charge >= 0.3 is 6.18 Å². The number of hydrogen-bond donors (Lipinski definition) is 2. The number of likely N-dealkylation sites (tertiary alicyclic amines) is 1. The highest BCUT2D eigenvalue weighted by Gasteiger charge is 2.41. The maximum atomic E-state index is 15.2. The van der Waals surface area contributed by atoms with E-state index in [2.05, 4.69) is 126 Å². The lowest BCUT2D eigenvalue weighted by Gasteiger charge is -2.48. The second kappa shape index (κ2) is 26.0. The van der Waals surface area contributed by atoms with Gasteiger partial charge in [0, 0.05) is 123 Å². The van der Waals surface area contributed by atoms with Crippen LogP contribution in [0.25, 0.3) is 33.4 Å². The zero-order valence-electron chi connectivity index (χ0n) is 51.6. The van der Waals surface area contributed by atoms with Crippen molar-refractivity contribution in [2.45, 2.75) is 181 Å². The number of terminal acetylenes is 1. The Morgan fingerprint density at radius 2 is 1.70 bits per heavy atom. The van der Waals surface area contributed by atoms with Crippen LogP contribution >= 0.6 is 11.3 Å². The first-order valence-corrected chi connectivity index (χ1v) is 32.0. The molecule has 2 saturated carbocycles. The number of rotatable bonds is 27. The van der Waals surface area contributed by atoms with Crippen molar-refractivity contribution in [1.82, 2.24) is 49.9 Å². The van der Waals surface area contributed by atoms with Crippen LogP contribution in [-0.4, -0.2) is 156 Å². The highest BCUT2D eigenvalue weighted by molar-refractivity contribution is 7.10. The predicted octanol–water partition coefficient (Wildman–Crippen LogP) is 12.2. The first-order valence-electron chi connectivity index (χ1n) is 31.1. The van der Waals surface area contributed by atoms with Crippen molar-refractivity contribution in [3.05, 3.63) is 89.1 Å². The van der Waals surface area contributed by atoms with E-state index < -0.39 is 18.1 Å². The molecule has 4 atom stereocenters. The Bertz CT molecular complexity index is 2950. The van der Waals surface area contributed by atoms with Crippen molar-refractivity contribution in [3.63, 3.8) is 0 Å². The molecule has 11 nitrogen and oxygen atoms in total. The molecule has 4 unspecified atom stereocenters. The maximum Gasteiger partial charge on any atom is 0.406 e. The van der Waals surface area contributed by atoms with Crippen molar-refractivity contribution in [2.24, 2.45) is 23.2 Å². The number of pyridine rings is 1. The van der Waals surface area contributed by atoms with Gasteiger partial charge in [-0.1, -0.05) is 74.3 Å². The van der Waals surface area contributed by atoms with E-state index in [4.69, 9.17) is 45.2 Å². The number of anilines is 1. The van der Waals surface area contributed by atoms with Crippen LogP contribution in [0.3, 0.4) is 0 Å². The largest absolute Gasteiger partial charge is 0.406 e. The molecule has 0 spiro atoms. The number of thiazole rings is 1. The number of piperazine rings is 1. The van der Waals surface area contributed by atoms with Gasteiger partial charge < -0.3 is 29.6 Å². The number of benzene rings is 1. The topological polar surface area (TPSA) is 74.2 Å². The summed E-state index contributed by atoms with van der Waals surface area (Å²) in [7, 11) is 13.3. The second-order valence-electron chi connectivity index (χ2n) is 26.6. The van der Waals surface area contributed by atoms with Crippen LogP contribution in [0, 0.1) is 35.5 Å². The standard InChI is InChI=1S/C66H94B2F3N11S/c1-14-16-26-64(11,12)37-56-54-34-51(21-24-59(54)80(42-66(69,70)71)63(56)55-35-53(38-72-61(55)43(3)4)78-32-30-77(31-33-78)52-22-23-52)58-41-83-60(75-58)36-57(47(9)81-28-18-17-27-73-81)74-45(7)62(44(5)6)79-29-25-49(40-79)39-76(15-2)48(10)82(65(13,67)68)46(8)50-19-20-50/h1,21,24,34-35,38,41,43-44,46,49-50,52,57,62,73-74H,7,9-10,15-20,22-23,25-33,36-37,39-40,42H2,2-6,8,11-13H3. The van der Waals surface area contributed by atoms with Gasteiger partial charge in [-0.3, -0.25) is 14.8 Å². The molecular formula is C66H94B2F3N11S. The maximum absolute atomic E-state index is 15.2. The first kappa shape index (κ1) is 62.6. The van der Waals surface area contributed by atoms with Gasteiger partial charge in [-0.05, 0) is 136 Å². The molecular weight excluding hydrogens is 1060 g/mol. The molecule has 3 saturated heterocycles. The number of hydrazine groups is 1. The third kappa shape index (κ3) is 15.0. The molecule has 5 aliphatic rings. The number of nitrogens with zero attached hydrogens (tertiary/aromatic N) is 9. The lowest BCUT2D eigenvalue weighted by molar-refractivity contribution is -0.139. The summed E-state index contributed by atoms with van der Waals surface area (Å²) < 4.78 is 47.0. The summed E-state index contributed by atoms with van der Waals surface area (Å²) in [6, 6.07) is 8.79. The third-order valence-corrected chi connectivity index (χ3v) is 19.3. The Kier molecular flexibility index (Phi) is 19.6. The van der Waals surface area contributed by atoms with E-state index in [1.165, 1.54) is 30.3 Å². The van der Waals surface area contributed by atoms with Crippen molar-refractivity contribution in [1.29, 1.82) is 0 Å². The average molecular weight is 1150 g/mol. The molecule has 5 fully saturated rings. The van der Waals surface area contributed by atoms with E-state index in [0.717, 1.165) is 153 Å². The van der Waals surface area contributed by atoms with Crippen LogP contribution in [-0.2, 0) is 19.4 Å². The lowest BCUT2D eigenvalue weighted by atomic mass is 9.61. The van der Waals surface area contributed by atoms with Gasteiger partial charge in [0.05, 0.1) is 67.6 Å². The minimum atomic E-state index is -4.49. The second-order valence-corrected chi connectivity index (χ2v) is 27.6. The molecule has 3 aliphatic heterocycles. The Morgan fingerprint density at radius 1 is 0.964 bits per heavy atom. The summed E-state index contributed by atoms with van der Waals surface area (Å²) >= 11 is 1.60. The first-order chi connectivity index (χ1) is 39.3. The van der Waals surface area contributed by atoms with Crippen LogP contribution in [0.2, 0.25) is 0 Å². The Labute approximate surface area is 502 Å². The highest BCUT2D eigenvalue weighted by atomic mass is 32.1. The number of halogens is 3. The van der Waals surface area contributed by atoms with Gasteiger partial charge in [0.25, 0.3) is 0 Å². The van der Waals surface area contributed by atoms with Crippen molar-refractivity contribution >= 4 is 43.6 Å². The summed E-state index contributed by atoms with van der Waals surface area (Å²) in [4.78, 5) is 22.5. The van der Waals surface area contributed by atoms with E-state index in [9.17, 15) is 0 Å². The molecule has 1 aromatic carbocycles. The molecule has 9 rings (SSSR count). The number of alkyl halides is 3. The normalized spacial score (nSPS) is 19.8. The monoisotopic (exact) mass is 1150 g/mol. The summed E-state index contributed by atoms with van der Waals surface area (Å²) in [5.74, 6) is 4.98. The Hall–Kier alpha value is -4.88. The molecule has 4 aromatic rings. The van der Waals surface area contributed by atoms with Crippen LogP contribution in [0.5, 0.6) is 0 Å². The molecule has 3 aromatic heterocycles. The van der Waals surface area contributed by atoms with E-state index >= 15 is 13.2 Å². The fourth-order valence-electron chi connectivity index (χ4n) is 13.8. The van der Waals surface area contributed by atoms with Gasteiger partial charge in [-0.15, -0.1) is 23.7 Å². The van der Waals surface area contributed by atoms with Gasteiger partial charge in [-0.2, -0.15) is 13.2 Å². The number of hydrogen-bond acceptors (Lipinski definition) is 11. The molecule has 0 bridgehead atoms. The zero-order chi connectivity index (χ0) is 59.7. The average Bonchev–Trinajstić information content (AvgIpc) is 3.65.